The maximum Gasteiger partial charge on any atom is 0.184 e. The van der Waals surface area contributed by atoms with Crippen molar-refractivity contribution in [2.75, 3.05) is 0 Å². The zero-order valence-corrected chi connectivity index (χ0v) is 13.3. The second kappa shape index (κ2) is 5.57. The monoisotopic (exact) mass is 339 g/mol. The number of fused-ring (bicyclic) bond motifs is 1. The molecule has 0 saturated heterocycles. The molecule has 4 rings (SSSR count). The summed E-state index contributed by atoms with van der Waals surface area (Å²) in [5, 5.41) is 7.85. The Kier molecular flexibility index (Phi) is 3.39. The van der Waals surface area contributed by atoms with Crippen LogP contribution in [0.15, 0.2) is 60.0 Å². The van der Waals surface area contributed by atoms with E-state index in [0.717, 1.165) is 5.39 Å². The van der Waals surface area contributed by atoms with Gasteiger partial charge in [-0.1, -0.05) is 6.07 Å². The number of aromatic nitrogens is 5. The van der Waals surface area contributed by atoms with Crippen LogP contribution in [0.25, 0.3) is 22.4 Å². The van der Waals surface area contributed by atoms with E-state index in [0.29, 0.717) is 22.6 Å². The molecule has 0 unspecified atom stereocenters. The Bertz CT molecular complexity index is 1100. The summed E-state index contributed by atoms with van der Waals surface area (Å²) >= 11 is 0. The second-order valence-corrected chi connectivity index (χ2v) is 7.33. The molecule has 0 spiro atoms. The minimum Gasteiger partial charge on any atom is -0.359 e. The van der Waals surface area contributed by atoms with Crippen LogP contribution in [0.2, 0.25) is 0 Å². The van der Waals surface area contributed by atoms with Gasteiger partial charge >= 0.3 is 0 Å². The summed E-state index contributed by atoms with van der Waals surface area (Å²) in [6.45, 7) is 0. The third-order valence-corrected chi connectivity index (χ3v) is 5.36. The summed E-state index contributed by atoms with van der Waals surface area (Å²) in [5.41, 5.74) is 2.59. The number of pyridine rings is 2. The fraction of sp³-hybridized carbons (Fsp3) is 0.0625. The van der Waals surface area contributed by atoms with Crippen LogP contribution >= 0.6 is 0 Å². The lowest BCUT2D eigenvalue weighted by Crippen LogP contribution is -2.03. The molecule has 120 valence electrons. The Hall–Kier alpha value is -3.00. The zero-order chi connectivity index (χ0) is 16.6. The van der Waals surface area contributed by atoms with Gasteiger partial charge in [-0.05, 0) is 29.8 Å². The van der Waals surface area contributed by atoms with E-state index < -0.39 is 9.84 Å². The lowest BCUT2D eigenvalue weighted by Gasteiger charge is -2.01. The third-order valence-electron chi connectivity index (χ3n) is 3.69. The van der Waals surface area contributed by atoms with Crippen molar-refractivity contribution < 1.29 is 8.42 Å². The van der Waals surface area contributed by atoms with Crippen LogP contribution in [0.3, 0.4) is 0 Å². The van der Waals surface area contributed by atoms with Crippen LogP contribution in [-0.2, 0) is 15.6 Å². The first-order valence-electron chi connectivity index (χ1n) is 7.23. The van der Waals surface area contributed by atoms with Crippen LogP contribution in [0, 0.1) is 0 Å². The fourth-order valence-corrected chi connectivity index (χ4v) is 3.85. The van der Waals surface area contributed by atoms with E-state index in [1.165, 1.54) is 6.20 Å². The van der Waals surface area contributed by atoms with Crippen molar-refractivity contribution in [1.29, 1.82) is 0 Å². The predicted molar refractivity (Wildman–Crippen MR) is 88.8 cm³/mol. The van der Waals surface area contributed by atoms with Crippen molar-refractivity contribution in [2.45, 2.75) is 10.6 Å². The molecule has 8 heteroatoms. The fourth-order valence-electron chi connectivity index (χ4n) is 2.54. The van der Waals surface area contributed by atoms with E-state index in [2.05, 4.69) is 25.1 Å². The molecule has 0 aliphatic carbocycles. The molecule has 4 heterocycles. The van der Waals surface area contributed by atoms with E-state index in [1.54, 1.807) is 36.8 Å². The highest BCUT2D eigenvalue weighted by Crippen LogP contribution is 2.27. The van der Waals surface area contributed by atoms with Gasteiger partial charge in [0.2, 0.25) is 0 Å². The van der Waals surface area contributed by atoms with E-state index in [4.69, 9.17) is 0 Å². The maximum atomic E-state index is 12.6. The Morgan fingerprint density at radius 1 is 1.12 bits per heavy atom. The molecule has 0 atom stereocenters. The molecule has 2 N–H and O–H groups in total. The number of rotatable bonds is 4. The molecular weight excluding hydrogens is 326 g/mol. The smallest absolute Gasteiger partial charge is 0.184 e. The molecule has 0 fully saturated rings. The average Bonchev–Trinajstić information content (AvgIpc) is 3.22. The van der Waals surface area contributed by atoms with Crippen LogP contribution in [0.4, 0.5) is 0 Å². The van der Waals surface area contributed by atoms with Crippen molar-refractivity contribution >= 4 is 20.9 Å². The van der Waals surface area contributed by atoms with Gasteiger partial charge in [0, 0.05) is 30.2 Å². The molecule has 0 saturated carbocycles. The van der Waals surface area contributed by atoms with Crippen molar-refractivity contribution in [3.8, 4) is 11.4 Å². The Morgan fingerprint density at radius 3 is 2.83 bits per heavy atom. The summed E-state index contributed by atoms with van der Waals surface area (Å²) in [5.74, 6) is -0.0938. The van der Waals surface area contributed by atoms with E-state index in [1.807, 2.05) is 12.1 Å². The molecule has 0 bridgehead atoms. The molecule has 0 aliphatic heterocycles. The number of nitrogens with zero attached hydrogens (tertiary/aromatic N) is 3. The van der Waals surface area contributed by atoms with Gasteiger partial charge in [-0.3, -0.25) is 10.1 Å². The number of sulfone groups is 1. The van der Waals surface area contributed by atoms with Crippen molar-refractivity contribution in [3.05, 3.63) is 60.7 Å². The Morgan fingerprint density at radius 2 is 2.00 bits per heavy atom. The van der Waals surface area contributed by atoms with Crippen molar-refractivity contribution in [3.63, 3.8) is 0 Å². The quantitative estimate of drug-likeness (QED) is 0.594. The van der Waals surface area contributed by atoms with Gasteiger partial charge < -0.3 is 4.98 Å². The van der Waals surface area contributed by atoms with Gasteiger partial charge in [-0.15, -0.1) is 0 Å². The molecule has 4 aromatic rings. The summed E-state index contributed by atoms with van der Waals surface area (Å²) in [4.78, 5) is 11.3. The Labute approximate surface area is 137 Å². The molecule has 0 aliphatic rings. The molecule has 0 aromatic carbocycles. The van der Waals surface area contributed by atoms with E-state index in [9.17, 15) is 8.42 Å². The summed E-state index contributed by atoms with van der Waals surface area (Å²) in [7, 11) is -3.46. The van der Waals surface area contributed by atoms with Gasteiger partial charge in [0.25, 0.3) is 0 Å². The molecule has 0 radical (unpaired) electrons. The predicted octanol–water partition coefficient (Wildman–Crippen LogP) is 2.32. The van der Waals surface area contributed by atoms with Gasteiger partial charge in [0.05, 0.1) is 22.0 Å². The second-order valence-electron chi connectivity index (χ2n) is 5.34. The third kappa shape index (κ3) is 2.56. The van der Waals surface area contributed by atoms with E-state index in [-0.39, 0.29) is 10.6 Å². The minimum absolute atomic E-state index is 0.0938. The largest absolute Gasteiger partial charge is 0.359 e. The molecule has 4 aromatic heterocycles. The molecule has 7 nitrogen and oxygen atoms in total. The zero-order valence-electron chi connectivity index (χ0n) is 12.5. The SMILES string of the molecule is O=S(=O)(Cc1cccnc1)c1c[nH]c(-c2[nH]nc3ncccc23)c1. The molecule has 0 amide bonds. The van der Waals surface area contributed by atoms with Crippen molar-refractivity contribution in [2.24, 2.45) is 0 Å². The first kappa shape index (κ1) is 14.6. The van der Waals surface area contributed by atoms with E-state index >= 15 is 0 Å². The normalized spacial score (nSPS) is 11.8. The summed E-state index contributed by atoms with van der Waals surface area (Å²) < 4.78 is 25.1. The first-order chi connectivity index (χ1) is 11.6. The van der Waals surface area contributed by atoms with Gasteiger partial charge in [0.15, 0.2) is 15.5 Å². The summed E-state index contributed by atoms with van der Waals surface area (Å²) in [6, 6.07) is 8.76. The van der Waals surface area contributed by atoms with Crippen LogP contribution in [0.1, 0.15) is 5.56 Å². The minimum atomic E-state index is -3.46. The lowest BCUT2D eigenvalue weighted by atomic mass is 10.2. The van der Waals surface area contributed by atoms with Gasteiger partial charge in [-0.25, -0.2) is 13.4 Å². The standard InChI is InChI=1S/C16H13N5O2S/c22-24(23,10-11-3-1-5-17-8-11)12-7-14(19-9-12)15-13-4-2-6-18-16(13)21-20-15/h1-9,19H,10H2,(H,18,20,21). The van der Waals surface area contributed by atoms with Crippen LogP contribution in [-0.4, -0.2) is 33.6 Å². The highest BCUT2D eigenvalue weighted by atomic mass is 32.2. The number of hydrogen-bond donors (Lipinski definition) is 2. The summed E-state index contributed by atoms with van der Waals surface area (Å²) in [6.07, 6.45) is 6.32. The number of aromatic amines is 2. The highest BCUT2D eigenvalue weighted by Gasteiger charge is 2.19. The van der Waals surface area contributed by atoms with Gasteiger partial charge in [-0.2, -0.15) is 5.10 Å². The highest BCUT2D eigenvalue weighted by molar-refractivity contribution is 7.90. The van der Waals surface area contributed by atoms with Crippen molar-refractivity contribution in [1.82, 2.24) is 25.1 Å². The number of hydrogen-bond acceptors (Lipinski definition) is 5. The molecular formula is C16H13N5O2S. The first-order valence-corrected chi connectivity index (χ1v) is 8.88. The topological polar surface area (TPSA) is 104 Å². The lowest BCUT2D eigenvalue weighted by molar-refractivity contribution is 0.595. The maximum absolute atomic E-state index is 12.6. The average molecular weight is 339 g/mol. The van der Waals surface area contributed by atoms with Crippen LogP contribution < -0.4 is 0 Å². The number of nitrogens with one attached hydrogen (secondary N) is 2. The number of H-pyrrole nitrogens is 2. The van der Waals surface area contributed by atoms with Gasteiger partial charge in [0.1, 0.15) is 0 Å². The van der Waals surface area contributed by atoms with Crippen LogP contribution in [0.5, 0.6) is 0 Å². The molecule has 24 heavy (non-hydrogen) atoms. The Balaban J connectivity index is 1.70.